The molecular formula is C16H21FN2O. The largest absolute Gasteiger partial charge is 0.355 e. The number of hydrogen-bond acceptors (Lipinski definition) is 2. The van der Waals surface area contributed by atoms with Crippen LogP contribution in [0.15, 0.2) is 24.3 Å². The first kappa shape index (κ1) is 13.6. The van der Waals surface area contributed by atoms with Crippen LogP contribution in [0.3, 0.4) is 0 Å². The lowest BCUT2D eigenvalue weighted by Gasteiger charge is -2.27. The van der Waals surface area contributed by atoms with Gasteiger partial charge in [0.1, 0.15) is 5.82 Å². The molecule has 20 heavy (non-hydrogen) atoms. The van der Waals surface area contributed by atoms with E-state index in [9.17, 15) is 9.18 Å². The number of nitrogens with one attached hydrogen (secondary N) is 1. The Labute approximate surface area is 118 Å². The van der Waals surface area contributed by atoms with Crippen LogP contribution in [0.5, 0.6) is 0 Å². The minimum atomic E-state index is -0.231. The molecule has 1 aromatic carbocycles. The van der Waals surface area contributed by atoms with E-state index in [0.29, 0.717) is 18.4 Å². The molecule has 2 fully saturated rings. The van der Waals surface area contributed by atoms with Crippen LogP contribution in [0.25, 0.3) is 0 Å². The summed E-state index contributed by atoms with van der Waals surface area (Å²) < 4.78 is 12.8. The Hall–Kier alpha value is -1.42. The van der Waals surface area contributed by atoms with Crippen molar-refractivity contribution >= 4 is 5.91 Å². The molecule has 0 spiro atoms. The van der Waals surface area contributed by atoms with Gasteiger partial charge < -0.3 is 11.1 Å². The van der Waals surface area contributed by atoms with Gasteiger partial charge in [0.25, 0.3) is 0 Å². The fourth-order valence-electron chi connectivity index (χ4n) is 3.82. The summed E-state index contributed by atoms with van der Waals surface area (Å²) in [5.41, 5.74) is 7.19. The van der Waals surface area contributed by atoms with Crippen LogP contribution in [-0.2, 0) is 11.2 Å². The molecule has 4 unspecified atom stereocenters. The fourth-order valence-corrected chi connectivity index (χ4v) is 3.82. The van der Waals surface area contributed by atoms with Crippen LogP contribution in [0.2, 0.25) is 0 Å². The normalized spacial score (nSPS) is 31.5. The summed E-state index contributed by atoms with van der Waals surface area (Å²) in [6, 6.07) is 6.45. The van der Waals surface area contributed by atoms with E-state index >= 15 is 0 Å². The molecule has 0 aliphatic heterocycles. The highest BCUT2D eigenvalue weighted by Gasteiger charge is 2.48. The topological polar surface area (TPSA) is 55.1 Å². The molecule has 4 atom stereocenters. The molecule has 3 nitrogen and oxygen atoms in total. The third kappa shape index (κ3) is 2.57. The highest BCUT2D eigenvalue weighted by atomic mass is 19.1. The maximum atomic E-state index is 12.8. The predicted molar refractivity (Wildman–Crippen MR) is 75.4 cm³/mol. The van der Waals surface area contributed by atoms with Crippen molar-refractivity contribution in [2.75, 3.05) is 6.54 Å². The van der Waals surface area contributed by atoms with Gasteiger partial charge in [-0.25, -0.2) is 4.39 Å². The molecule has 3 N–H and O–H groups in total. The summed E-state index contributed by atoms with van der Waals surface area (Å²) in [4.78, 5) is 12.2. The number of hydrogen-bond donors (Lipinski definition) is 2. The van der Waals surface area contributed by atoms with Gasteiger partial charge in [-0.05, 0) is 55.2 Å². The number of halogens is 1. The third-order valence-electron chi connectivity index (χ3n) is 4.91. The van der Waals surface area contributed by atoms with Gasteiger partial charge >= 0.3 is 0 Å². The van der Waals surface area contributed by atoms with E-state index in [1.807, 2.05) is 0 Å². The molecule has 3 rings (SSSR count). The number of nitrogens with two attached hydrogens (primary N) is 1. The Bertz CT molecular complexity index is 486. The van der Waals surface area contributed by atoms with Crippen molar-refractivity contribution < 1.29 is 9.18 Å². The lowest BCUT2D eigenvalue weighted by atomic mass is 9.84. The average Bonchev–Trinajstić information content (AvgIpc) is 3.01. The van der Waals surface area contributed by atoms with Gasteiger partial charge in [0, 0.05) is 12.6 Å². The molecular weight excluding hydrogens is 255 g/mol. The van der Waals surface area contributed by atoms with Gasteiger partial charge in [0.15, 0.2) is 0 Å². The molecule has 2 aliphatic carbocycles. The number of benzene rings is 1. The summed E-state index contributed by atoms with van der Waals surface area (Å²) >= 11 is 0. The van der Waals surface area contributed by atoms with Gasteiger partial charge in [-0.15, -0.1) is 0 Å². The molecule has 4 heteroatoms. The molecule has 2 saturated carbocycles. The number of amides is 1. The molecule has 0 heterocycles. The first-order valence-electron chi connectivity index (χ1n) is 7.43. The molecule has 1 amide bonds. The maximum Gasteiger partial charge on any atom is 0.224 e. The molecule has 0 aromatic heterocycles. The first-order valence-corrected chi connectivity index (χ1v) is 7.43. The smallest absolute Gasteiger partial charge is 0.224 e. The van der Waals surface area contributed by atoms with Crippen molar-refractivity contribution in [1.29, 1.82) is 0 Å². The van der Waals surface area contributed by atoms with Crippen LogP contribution in [0, 0.1) is 23.6 Å². The Balaban J connectivity index is 1.49. The Kier molecular flexibility index (Phi) is 3.74. The summed E-state index contributed by atoms with van der Waals surface area (Å²) in [5, 5.41) is 2.99. The minimum absolute atomic E-state index is 0.00182. The van der Waals surface area contributed by atoms with Crippen LogP contribution in [0.4, 0.5) is 4.39 Å². The van der Waals surface area contributed by atoms with Gasteiger partial charge in [0.2, 0.25) is 5.91 Å². The van der Waals surface area contributed by atoms with Crippen molar-refractivity contribution in [3.63, 3.8) is 0 Å². The highest BCUT2D eigenvalue weighted by Crippen LogP contribution is 2.47. The van der Waals surface area contributed by atoms with Crippen LogP contribution < -0.4 is 11.1 Å². The third-order valence-corrected chi connectivity index (χ3v) is 4.91. The van der Waals surface area contributed by atoms with Crippen molar-refractivity contribution in [1.82, 2.24) is 5.32 Å². The molecule has 2 bridgehead atoms. The fraction of sp³-hybridized carbons (Fsp3) is 0.562. The van der Waals surface area contributed by atoms with Gasteiger partial charge in [-0.3, -0.25) is 4.79 Å². The maximum absolute atomic E-state index is 12.8. The predicted octanol–water partition coefficient (Wildman–Crippen LogP) is 1.86. The van der Waals surface area contributed by atoms with E-state index in [1.54, 1.807) is 12.1 Å². The highest BCUT2D eigenvalue weighted by molar-refractivity contribution is 5.80. The monoisotopic (exact) mass is 276 g/mol. The summed E-state index contributed by atoms with van der Waals surface area (Å²) in [6.45, 7) is 0.588. The lowest BCUT2D eigenvalue weighted by Crippen LogP contribution is -2.45. The Morgan fingerprint density at radius 1 is 1.25 bits per heavy atom. The lowest BCUT2D eigenvalue weighted by molar-refractivity contribution is -0.127. The first-order chi connectivity index (χ1) is 9.65. The Morgan fingerprint density at radius 2 is 1.95 bits per heavy atom. The zero-order chi connectivity index (χ0) is 14.1. The summed E-state index contributed by atoms with van der Waals surface area (Å²) in [5.74, 6) is 0.910. The number of rotatable bonds is 4. The zero-order valence-corrected chi connectivity index (χ0v) is 11.5. The van der Waals surface area contributed by atoms with E-state index < -0.39 is 0 Å². The van der Waals surface area contributed by atoms with Gasteiger partial charge in [0.05, 0.1) is 5.92 Å². The molecule has 0 saturated heterocycles. The number of carbonyl (C=O) groups is 1. The van der Waals surface area contributed by atoms with Crippen molar-refractivity contribution in [3.05, 3.63) is 35.6 Å². The zero-order valence-electron chi connectivity index (χ0n) is 11.5. The van der Waals surface area contributed by atoms with E-state index in [0.717, 1.165) is 24.8 Å². The Morgan fingerprint density at radius 3 is 2.60 bits per heavy atom. The summed E-state index contributed by atoms with van der Waals surface area (Å²) in [6.07, 6.45) is 4.18. The SMILES string of the molecule is NC1C2CCC(C2)C1C(=O)NCCc1ccc(F)cc1. The van der Waals surface area contributed by atoms with Crippen molar-refractivity contribution in [3.8, 4) is 0 Å². The number of carbonyl (C=O) groups excluding carboxylic acids is 1. The number of fused-ring (bicyclic) bond motifs is 2. The minimum Gasteiger partial charge on any atom is -0.355 e. The second-order valence-corrected chi connectivity index (χ2v) is 6.10. The standard InChI is InChI=1S/C16H21FN2O/c17-13-5-1-10(2-6-13)7-8-19-16(20)14-11-3-4-12(9-11)15(14)18/h1-2,5-6,11-12,14-15H,3-4,7-9,18H2,(H,19,20). The average molecular weight is 276 g/mol. The van der Waals surface area contributed by atoms with Crippen LogP contribution in [-0.4, -0.2) is 18.5 Å². The van der Waals surface area contributed by atoms with Crippen molar-refractivity contribution in [2.24, 2.45) is 23.5 Å². The second kappa shape index (κ2) is 5.52. The van der Waals surface area contributed by atoms with E-state index in [4.69, 9.17) is 5.73 Å². The van der Waals surface area contributed by atoms with Gasteiger partial charge in [-0.1, -0.05) is 12.1 Å². The van der Waals surface area contributed by atoms with Crippen molar-refractivity contribution in [2.45, 2.75) is 31.7 Å². The van der Waals surface area contributed by atoms with Crippen LogP contribution >= 0.6 is 0 Å². The van der Waals surface area contributed by atoms with Crippen LogP contribution in [0.1, 0.15) is 24.8 Å². The van der Waals surface area contributed by atoms with E-state index in [-0.39, 0.29) is 23.7 Å². The molecule has 2 aliphatic rings. The second-order valence-electron chi connectivity index (χ2n) is 6.10. The van der Waals surface area contributed by atoms with Gasteiger partial charge in [-0.2, -0.15) is 0 Å². The molecule has 108 valence electrons. The quantitative estimate of drug-likeness (QED) is 0.882. The van der Waals surface area contributed by atoms with E-state index in [1.165, 1.54) is 18.6 Å². The van der Waals surface area contributed by atoms with E-state index in [2.05, 4.69) is 5.32 Å². The molecule has 1 aromatic rings. The molecule has 0 radical (unpaired) electrons. The summed E-state index contributed by atoms with van der Waals surface area (Å²) in [7, 11) is 0.